The Labute approximate surface area is 135 Å². The molecule has 0 heterocycles. The van der Waals surface area contributed by atoms with Crippen LogP contribution in [-0.4, -0.2) is 50.2 Å². The van der Waals surface area contributed by atoms with Gasteiger partial charge in [-0.15, -0.1) is 0 Å². The summed E-state index contributed by atoms with van der Waals surface area (Å²) in [5.41, 5.74) is 0. The van der Waals surface area contributed by atoms with Crippen LogP contribution in [-0.2, 0) is 19.0 Å². The third kappa shape index (κ3) is 12.0. The molecular formula is C17H34O5. The summed E-state index contributed by atoms with van der Waals surface area (Å²) in [4.78, 5) is 11.0. The molecule has 0 fully saturated rings. The largest absolute Gasteiger partial charge is 0.469 e. The zero-order chi connectivity index (χ0) is 16.8. The second-order valence-electron chi connectivity index (χ2n) is 5.87. The standard InChI is InChI=1S/C17H34O5/c1-5-7-8-15(6-2)11-21-12-16(18)13-22-14(3)9-10-17(19)20-4/h14-16,18H,5-13H2,1-4H3. The molecule has 0 radical (unpaired) electrons. The van der Waals surface area contributed by atoms with Crippen molar-refractivity contribution < 1.29 is 24.1 Å². The van der Waals surface area contributed by atoms with Crippen LogP contribution in [0.2, 0.25) is 0 Å². The first-order chi connectivity index (χ1) is 10.5. The van der Waals surface area contributed by atoms with Gasteiger partial charge in [0, 0.05) is 13.0 Å². The van der Waals surface area contributed by atoms with Crippen LogP contribution in [0.3, 0.4) is 0 Å². The van der Waals surface area contributed by atoms with Crippen LogP contribution >= 0.6 is 0 Å². The Bertz CT molecular complexity index is 270. The highest BCUT2D eigenvalue weighted by molar-refractivity contribution is 5.69. The molecule has 0 aliphatic rings. The number of hydrogen-bond donors (Lipinski definition) is 1. The SMILES string of the molecule is CCCCC(CC)COCC(O)COC(C)CCC(=O)OC. The Balaban J connectivity index is 3.67. The number of aliphatic hydroxyl groups excluding tert-OH is 1. The maximum atomic E-state index is 11.0. The van der Waals surface area contributed by atoms with Gasteiger partial charge < -0.3 is 19.3 Å². The molecule has 0 aromatic carbocycles. The predicted octanol–water partition coefficient (Wildman–Crippen LogP) is 2.94. The van der Waals surface area contributed by atoms with Crippen molar-refractivity contribution in [1.82, 2.24) is 0 Å². The average Bonchev–Trinajstić information content (AvgIpc) is 2.53. The van der Waals surface area contributed by atoms with Crippen molar-refractivity contribution in [2.45, 2.75) is 71.5 Å². The quantitative estimate of drug-likeness (QED) is 0.499. The first-order valence-electron chi connectivity index (χ1n) is 8.47. The van der Waals surface area contributed by atoms with Gasteiger partial charge in [0.25, 0.3) is 0 Å². The molecule has 0 amide bonds. The van der Waals surface area contributed by atoms with Gasteiger partial charge >= 0.3 is 5.97 Å². The number of esters is 1. The van der Waals surface area contributed by atoms with E-state index in [2.05, 4.69) is 18.6 Å². The van der Waals surface area contributed by atoms with Crippen LogP contribution < -0.4 is 0 Å². The first kappa shape index (κ1) is 21.4. The minimum Gasteiger partial charge on any atom is -0.469 e. The molecular weight excluding hydrogens is 284 g/mol. The van der Waals surface area contributed by atoms with E-state index in [-0.39, 0.29) is 18.7 Å². The molecule has 0 saturated carbocycles. The van der Waals surface area contributed by atoms with Crippen LogP contribution in [0, 0.1) is 5.92 Å². The molecule has 0 saturated heterocycles. The molecule has 3 atom stereocenters. The number of carbonyl (C=O) groups excluding carboxylic acids is 1. The molecule has 5 nitrogen and oxygen atoms in total. The number of hydrogen-bond acceptors (Lipinski definition) is 5. The molecule has 0 aliphatic heterocycles. The predicted molar refractivity (Wildman–Crippen MR) is 86.8 cm³/mol. The number of ether oxygens (including phenoxy) is 3. The fourth-order valence-corrected chi connectivity index (χ4v) is 2.10. The number of methoxy groups -OCH3 is 1. The van der Waals surface area contributed by atoms with Crippen LogP contribution in [0.15, 0.2) is 0 Å². The molecule has 22 heavy (non-hydrogen) atoms. The molecule has 0 aromatic rings. The Morgan fingerprint density at radius 3 is 2.45 bits per heavy atom. The topological polar surface area (TPSA) is 65.0 Å². The van der Waals surface area contributed by atoms with Gasteiger partial charge in [0.1, 0.15) is 6.10 Å². The molecule has 132 valence electrons. The van der Waals surface area contributed by atoms with Crippen LogP contribution in [0.5, 0.6) is 0 Å². The van der Waals surface area contributed by atoms with E-state index in [1.54, 1.807) is 0 Å². The maximum Gasteiger partial charge on any atom is 0.305 e. The van der Waals surface area contributed by atoms with Crippen molar-refractivity contribution in [3.63, 3.8) is 0 Å². The monoisotopic (exact) mass is 318 g/mol. The van der Waals surface area contributed by atoms with Gasteiger partial charge in [-0.3, -0.25) is 4.79 Å². The van der Waals surface area contributed by atoms with Gasteiger partial charge in [-0.25, -0.2) is 0 Å². The van der Waals surface area contributed by atoms with Crippen molar-refractivity contribution in [1.29, 1.82) is 0 Å². The lowest BCUT2D eigenvalue weighted by Crippen LogP contribution is -2.26. The zero-order valence-corrected chi connectivity index (χ0v) is 14.7. The van der Waals surface area contributed by atoms with E-state index < -0.39 is 6.10 Å². The van der Waals surface area contributed by atoms with Crippen molar-refractivity contribution in [2.24, 2.45) is 5.92 Å². The van der Waals surface area contributed by atoms with Crippen molar-refractivity contribution >= 4 is 5.97 Å². The van der Waals surface area contributed by atoms with Gasteiger partial charge in [0.15, 0.2) is 0 Å². The highest BCUT2D eigenvalue weighted by atomic mass is 16.5. The third-order valence-electron chi connectivity index (χ3n) is 3.76. The van der Waals surface area contributed by atoms with E-state index in [1.165, 1.54) is 26.4 Å². The lowest BCUT2D eigenvalue weighted by atomic mass is 10.0. The minimum atomic E-state index is -0.621. The summed E-state index contributed by atoms with van der Waals surface area (Å²) in [6.45, 7) is 7.47. The second-order valence-corrected chi connectivity index (χ2v) is 5.87. The van der Waals surface area contributed by atoms with Gasteiger partial charge in [-0.2, -0.15) is 0 Å². The van der Waals surface area contributed by atoms with Crippen LogP contribution in [0.4, 0.5) is 0 Å². The molecule has 1 N–H and O–H groups in total. The summed E-state index contributed by atoms with van der Waals surface area (Å²) >= 11 is 0. The Morgan fingerprint density at radius 2 is 1.86 bits per heavy atom. The third-order valence-corrected chi connectivity index (χ3v) is 3.76. The first-order valence-corrected chi connectivity index (χ1v) is 8.47. The Hall–Kier alpha value is -0.650. The summed E-state index contributed by atoms with van der Waals surface area (Å²) in [5, 5.41) is 9.84. The summed E-state index contributed by atoms with van der Waals surface area (Å²) in [7, 11) is 1.37. The zero-order valence-electron chi connectivity index (χ0n) is 14.7. The second kappa shape index (κ2) is 14.0. The molecule has 0 bridgehead atoms. The normalized spacial score (nSPS) is 15.3. The molecule has 0 rings (SSSR count). The van der Waals surface area contributed by atoms with E-state index in [4.69, 9.17) is 9.47 Å². The smallest absolute Gasteiger partial charge is 0.305 e. The maximum absolute atomic E-state index is 11.0. The van der Waals surface area contributed by atoms with E-state index in [0.29, 0.717) is 32.0 Å². The van der Waals surface area contributed by atoms with Crippen molar-refractivity contribution in [3.8, 4) is 0 Å². The van der Waals surface area contributed by atoms with Crippen molar-refractivity contribution in [3.05, 3.63) is 0 Å². The lowest BCUT2D eigenvalue weighted by molar-refractivity contribution is -0.141. The van der Waals surface area contributed by atoms with Gasteiger partial charge in [0.2, 0.25) is 0 Å². The lowest BCUT2D eigenvalue weighted by Gasteiger charge is -2.18. The van der Waals surface area contributed by atoms with Gasteiger partial charge in [-0.05, 0) is 25.7 Å². The number of carbonyl (C=O) groups is 1. The molecule has 5 heteroatoms. The summed E-state index contributed by atoms with van der Waals surface area (Å²) < 4.78 is 15.7. The van der Waals surface area contributed by atoms with Gasteiger partial charge in [0.05, 0.1) is 26.4 Å². The van der Waals surface area contributed by atoms with E-state index >= 15 is 0 Å². The highest BCUT2D eigenvalue weighted by Gasteiger charge is 2.12. The summed E-state index contributed by atoms with van der Waals surface area (Å²) in [6.07, 6.45) is 4.95. The Kier molecular flexibility index (Phi) is 13.6. The summed E-state index contributed by atoms with van der Waals surface area (Å²) in [5.74, 6) is 0.337. The highest BCUT2D eigenvalue weighted by Crippen LogP contribution is 2.13. The Morgan fingerprint density at radius 1 is 1.14 bits per heavy atom. The average molecular weight is 318 g/mol. The van der Waals surface area contributed by atoms with Crippen LogP contribution in [0.1, 0.15) is 59.3 Å². The molecule has 0 aliphatic carbocycles. The number of aliphatic hydroxyl groups is 1. The van der Waals surface area contributed by atoms with E-state index in [0.717, 1.165) is 6.42 Å². The summed E-state index contributed by atoms with van der Waals surface area (Å²) in [6, 6.07) is 0. The van der Waals surface area contributed by atoms with Gasteiger partial charge in [-0.1, -0.05) is 33.1 Å². The number of rotatable bonds is 14. The number of unbranched alkanes of at least 4 members (excludes halogenated alkanes) is 1. The minimum absolute atomic E-state index is 0.0818. The molecule has 0 spiro atoms. The fraction of sp³-hybridized carbons (Fsp3) is 0.941. The van der Waals surface area contributed by atoms with Crippen LogP contribution in [0.25, 0.3) is 0 Å². The molecule has 0 aromatic heterocycles. The molecule has 3 unspecified atom stereocenters. The fourth-order valence-electron chi connectivity index (χ4n) is 2.10. The van der Waals surface area contributed by atoms with Crippen molar-refractivity contribution in [2.75, 3.05) is 26.9 Å². The van der Waals surface area contributed by atoms with E-state index in [1.807, 2.05) is 6.92 Å². The van der Waals surface area contributed by atoms with E-state index in [9.17, 15) is 9.90 Å².